The molecule has 0 aliphatic carbocycles. The Bertz CT molecular complexity index is 684. The zero-order valence-electron chi connectivity index (χ0n) is 11.5. The minimum atomic E-state index is -0.234. The van der Waals surface area contributed by atoms with Crippen LogP contribution in [0.3, 0.4) is 0 Å². The summed E-state index contributed by atoms with van der Waals surface area (Å²) in [4.78, 5) is 22.9. The van der Waals surface area contributed by atoms with Crippen LogP contribution in [0.15, 0.2) is 47.6 Å². The maximum Gasteiger partial charge on any atom is 0.244 e. The van der Waals surface area contributed by atoms with E-state index in [0.717, 1.165) is 16.3 Å². The van der Waals surface area contributed by atoms with Gasteiger partial charge < -0.3 is 0 Å². The fourth-order valence-electron chi connectivity index (χ4n) is 1.88. The number of rotatable bonds is 4. The van der Waals surface area contributed by atoms with E-state index in [9.17, 15) is 9.59 Å². The van der Waals surface area contributed by atoms with Crippen molar-refractivity contribution < 1.29 is 9.59 Å². The average Bonchev–Trinajstić information content (AvgIpc) is 2.45. The lowest BCUT2D eigenvalue weighted by Crippen LogP contribution is -2.22. The quantitative estimate of drug-likeness (QED) is 0.684. The first-order valence-electron chi connectivity index (χ1n) is 6.38. The number of nitrogens with zero attached hydrogens (tertiary/aromatic N) is 1. The second-order valence-corrected chi connectivity index (χ2v) is 4.60. The van der Waals surface area contributed by atoms with Gasteiger partial charge in [-0.1, -0.05) is 42.5 Å². The van der Waals surface area contributed by atoms with Crippen LogP contribution in [0.4, 0.5) is 0 Å². The molecule has 2 aromatic rings. The Hall–Kier alpha value is -2.49. The van der Waals surface area contributed by atoms with Gasteiger partial charge in [-0.3, -0.25) is 9.59 Å². The van der Waals surface area contributed by atoms with Crippen molar-refractivity contribution in [3.63, 3.8) is 0 Å². The fraction of sp³-hybridized carbons (Fsp3) is 0.188. The van der Waals surface area contributed by atoms with Gasteiger partial charge in [-0.25, -0.2) is 5.43 Å². The molecule has 4 nitrogen and oxygen atoms in total. The van der Waals surface area contributed by atoms with Crippen molar-refractivity contribution >= 4 is 28.2 Å². The standard InChI is InChI=1S/C16H16N2O2/c1-11(12(2)19)17-18-16(20)10-14-8-5-7-13-6-3-4-9-15(13)14/h3-9H,10H2,1-2H3,(H,18,20). The van der Waals surface area contributed by atoms with Gasteiger partial charge in [0.2, 0.25) is 5.91 Å². The van der Waals surface area contributed by atoms with Crippen LogP contribution in [0, 0.1) is 0 Å². The van der Waals surface area contributed by atoms with Crippen molar-refractivity contribution in [2.75, 3.05) is 0 Å². The fourth-order valence-corrected chi connectivity index (χ4v) is 1.88. The summed E-state index contributed by atoms with van der Waals surface area (Å²) in [7, 11) is 0. The molecule has 0 aromatic heterocycles. The number of amides is 1. The normalized spacial score (nSPS) is 11.4. The molecule has 0 spiro atoms. The molecule has 0 fully saturated rings. The predicted molar refractivity (Wildman–Crippen MR) is 79.6 cm³/mol. The zero-order valence-corrected chi connectivity index (χ0v) is 11.5. The molecule has 1 N–H and O–H groups in total. The van der Waals surface area contributed by atoms with Crippen LogP contribution in [-0.4, -0.2) is 17.4 Å². The van der Waals surface area contributed by atoms with Crippen molar-refractivity contribution in [3.8, 4) is 0 Å². The molecule has 0 saturated heterocycles. The highest BCUT2D eigenvalue weighted by Crippen LogP contribution is 2.18. The predicted octanol–water partition coefficient (Wildman–Crippen LogP) is 2.46. The molecule has 4 heteroatoms. The van der Waals surface area contributed by atoms with E-state index in [1.54, 1.807) is 6.92 Å². The summed E-state index contributed by atoms with van der Waals surface area (Å²) in [5.41, 5.74) is 3.63. The number of nitrogens with one attached hydrogen (secondary N) is 1. The van der Waals surface area contributed by atoms with Gasteiger partial charge >= 0.3 is 0 Å². The first kappa shape index (κ1) is 13.9. The Morgan fingerprint density at radius 2 is 1.75 bits per heavy atom. The third-order valence-corrected chi connectivity index (χ3v) is 3.09. The first-order chi connectivity index (χ1) is 9.58. The van der Waals surface area contributed by atoms with Crippen LogP contribution < -0.4 is 5.43 Å². The van der Waals surface area contributed by atoms with Gasteiger partial charge in [-0.15, -0.1) is 0 Å². The summed E-state index contributed by atoms with van der Waals surface area (Å²) >= 11 is 0. The molecule has 2 aromatic carbocycles. The van der Waals surface area contributed by atoms with Gasteiger partial charge in [0.15, 0.2) is 5.78 Å². The van der Waals surface area contributed by atoms with Crippen molar-refractivity contribution in [3.05, 3.63) is 48.0 Å². The van der Waals surface area contributed by atoms with Crippen molar-refractivity contribution in [2.45, 2.75) is 20.3 Å². The largest absolute Gasteiger partial charge is 0.293 e. The summed E-state index contributed by atoms with van der Waals surface area (Å²) in [6.07, 6.45) is 0.232. The monoisotopic (exact) mass is 268 g/mol. The van der Waals surface area contributed by atoms with Crippen molar-refractivity contribution in [2.24, 2.45) is 5.10 Å². The number of carbonyl (C=O) groups is 2. The third-order valence-electron chi connectivity index (χ3n) is 3.09. The molecule has 0 unspecified atom stereocenters. The molecule has 1 amide bonds. The van der Waals surface area contributed by atoms with E-state index >= 15 is 0 Å². The summed E-state index contributed by atoms with van der Waals surface area (Å²) < 4.78 is 0. The first-order valence-corrected chi connectivity index (χ1v) is 6.38. The lowest BCUT2D eigenvalue weighted by Gasteiger charge is -2.05. The summed E-state index contributed by atoms with van der Waals surface area (Å²) in [5.74, 6) is -0.391. The lowest BCUT2D eigenvalue weighted by molar-refractivity contribution is -0.120. The molecular weight excluding hydrogens is 252 g/mol. The van der Waals surface area contributed by atoms with Crippen LogP contribution in [-0.2, 0) is 16.0 Å². The van der Waals surface area contributed by atoms with Gasteiger partial charge in [-0.2, -0.15) is 5.10 Å². The third kappa shape index (κ3) is 3.29. The molecule has 0 saturated carbocycles. The SMILES string of the molecule is CC(=O)C(C)=NNC(=O)Cc1cccc2ccccc12. The van der Waals surface area contributed by atoms with Crippen LogP contribution in [0.1, 0.15) is 19.4 Å². The van der Waals surface area contributed by atoms with Crippen LogP contribution in [0.5, 0.6) is 0 Å². The van der Waals surface area contributed by atoms with Gasteiger partial charge in [0.25, 0.3) is 0 Å². The molecule has 20 heavy (non-hydrogen) atoms. The van der Waals surface area contributed by atoms with E-state index in [0.29, 0.717) is 0 Å². The highest BCUT2D eigenvalue weighted by molar-refractivity contribution is 6.38. The van der Waals surface area contributed by atoms with E-state index in [2.05, 4.69) is 10.5 Å². The highest BCUT2D eigenvalue weighted by atomic mass is 16.2. The minimum absolute atomic E-state index is 0.157. The second kappa shape index (κ2) is 6.10. The van der Waals surface area contributed by atoms with E-state index in [4.69, 9.17) is 0 Å². The molecule has 102 valence electrons. The van der Waals surface area contributed by atoms with E-state index in [-0.39, 0.29) is 23.8 Å². The van der Waals surface area contributed by atoms with Gasteiger partial charge in [0.1, 0.15) is 5.71 Å². The van der Waals surface area contributed by atoms with Crippen LogP contribution in [0.25, 0.3) is 10.8 Å². The van der Waals surface area contributed by atoms with Gasteiger partial charge in [-0.05, 0) is 23.3 Å². The van der Waals surface area contributed by atoms with Crippen LogP contribution >= 0.6 is 0 Å². The number of hydrazone groups is 1. The van der Waals surface area contributed by atoms with Crippen molar-refractivity contribution in [1.29, 1.82) is 0 Å². The Balaban J connectivity index is 2.14. The van der Waals surface area contributed by atoms with E-state index in [1.807, 2.05) is 42.5 Å². The molecule has 0 heterocycles. The maximum atomic E-state index is 11.9. The molecule has 0 aliphatic heterocycles. The molecule has 2 rings (SSSR count). The number of hydrogen-bond donors (Lipinski definition) is 1. The number of carbonyl (C=O) groups excluding carboxylic acids is 2. The molecule has 0 atom stereocenters. The zero-order chi connectivity index (χ0) is 14.5. The van der Waals surface area contributed by atoms with Gasteiger partial charge in [0, 0.05) is 6.92 Å². The average molecular weight is 268 g/mol. The molecule has 0 radical (unpaired) electrons. The number of Topliss-reactive ketones (excluding diaryl/α,β-unsaturated/α-hetero) is 1. The molecular formula is C16H16N2O2. The number of ketones is 1. The summed E-state index contributed by atoms with van der Waals surface area (Å²) in [6, 6.07) is 13.8. The highest BCUT2D eigenvalue weighted by Gasteiger charge is 2.06. The Morgan fingerprint density at radius 3 is 2.50 bits per heavy atom. The Kier molecular flexibility index (Phi) is 4.25. The molecule has 0 aliphatic rings. The van der Waals surface area contributed by atoms with E-state index < -0.39 is 0 Å². The number of fused-ring (bicyclic) bond motifs is 1. The number of hydrogen-bond acceptors (Lipinski definition) is 3. The topological polar surface area (TPSA) is 58.5 Å². The minimum Gasteiger partial charge on any atom is -0.293 e. The number of benzene rings is 2. The van der Waals surface area contributed by atoms with Crippen molar-refractivity contribution in [1.82, 2.24) is 5.43 Å². The lowest BCUT2D eigenvalue weighted by atomic mass is 10.0. The summed E-state index contributed by atoms with van der Waals surface area (Å²) in [6.45, 7) is 2.98. The Morgan fingerprint density at radius 1 is 1.05 bits per heavy atom. The second-order valence-electron chi connectivity index (χ2n) is 4.60. The van der Waals surface area contributed by atoms with E-state index in [1.165, 1.54) is 6.92 Å². The van der Waals surface area contributed by atoms with Gasteiger partial charge in [0.05, 0.1) is 6.42 Å². The maximum absolute atomic E-state index is 11.9. The Labute approximate surface area is 117 Å². The smallest absolute Gasteiger partial charge is 0.244 e. The molecule has 0 bridgehead atoms. The van der Waals surface area contributed by atoms with Crippen LogP contribution in [0.2, 0.25) is 0 Å². The summed E-state index contributed by atoms with van der Waals surface area (Å²) in [5, 5.41) is 5.92.